The first-order valence-corrected chi connectivity index (χ1v) is 5.51. The van der Waals surface area contributed by atoms with Gasteiger partial charge < -0.3 is 5.32 Å². The second-order valence-electron chi connectivity index (χ2n) is 4.35. The van der Waals surface area contributed by atoms with Crippen LogP contribution in [-0.2, 0) is 0 Å². The first kappa shape index (κ1) is 8.21. The van der Waals surface area contributed by atoms with Crippen molar-refractivity contribution in [2.45, 2.75) is 44.1 Å². The van der Waals surface area contributed by atoms with E-state index >= 15 is 0 Å². The van der Waals surface area contributed by atoms with E-state index in [2.05, 4.69) is 15.3 Å². The smallest absolute Gasteiger partial charge is 0.133 e. The summed E-state index contributed by atoms with van der Waals surface area (Å²) in [4.78, 5) is 8.84. The van der Waals surface area contributed by atoms with E-state index in [0.717, 1.165) is 11.6 Å². The SMILES string of the molecule is c1cc(NC2CCC2)nc(C2CC2)n1. The summed E-state index contributed by atoms with van der Waals surface area (Å²) in [6, 6.07) is 2.64. The van der Waals surface area contributed by atoms with Crippen LogP contribution in [0.3, 0.4) is 0 Å². The van der Waals surface area contributed by atoms with Gasteiger partial charge in [-0.1, -0.05) is 0 Å². The van der Waals surface area contributed by atoms with Crippen molar-refractivity contribution in [2.75, 3.05) is 5.32 Å². The third-order valence-corrected chi connectivity index (χ3v) is 3.07. The summed E-state index contributed by atoms with van der Waals surface area (Å²) < 4.78 is 0. The summed E-state index contributed by atoms with van der Waals surface area (Å²) in [5.41, 5.74) is 0. The quantitative estimate of drug-likeness (QED) is 0.793. The minimum Gasteiger partial charge on any atom is -0.367 e. The summed E-state index contributed by atoms with van der Waals surface area (Å²) >= 11 is 0. The second kappa shape index (κ2) is 3.23. The molecule has 0 aliphatic heterocycles. The van der Waals surface area contributed by atoms with E-state index in [1.165, 1.54) is 32.1 Å². The maximum atomic E-state index is 4.53. The fourth-order valence-electron chi connectivity index (χ4n) is 1.75. The van der Waals surface area contributed by atoms with E-state index in [1.54, 1.807) is 0 Å². The lowest BCUT2D eigenvalue weighted by Crippen LogP contribution is -2.27. The van der Waals surface area contributed by atoms with Crippen LogP contribution in [0, 0.1) is 0 Å². The van der Waals surface area contributed by atoms with Crippen LogP contribution in [-0.4, -0.2) is 16.0 Å². The molecule has 1 aromatic heterocycles. The minimum atomic E-state index is 0.651. The molecule has 3 nitrogen and oxygen atoms in total. The van der Waals surface area contributed by atoms with Crippen LogP contribution in [0.1, 0.15) is 43.8 Å². The van der Waals surface area contributed by atoms with Gasteiger partial charge in [-0.05, 0) is 38.2 Å². The molecule has 2 aliphatic carbocycles. The zero-order valence-corrected chi connectivity index (χ0v) is 8.24. The van der Waals surface area contributed by atoms with Crippen molar-refractivity contribution < 1.29 is 0 Å². The van der Waals surface area contributed by atoms with Crippen LogP contribution in [0.2, 0.25) is 0 Å². The van der Waals surface area contributed by atoms with Gasteiger partial charge in [-0.25, -0.2) is 9.97 Å². The van der Waals surface area contributed by atoms with Crippen LogP contribution in [0.15, 0.2) is 12.3 Å². The topological polar surface area (TPSA) is 37.8 Å². The molecule has 1 aromatic rings. The number of aromatic nitrogens is 2. The monoisotopic (exact) mass is 189 g/mol. The van der Waals surface area contributed by atoms with Crippen LogP contribution >= 0.6 is 0 Å². The van der Waals surface area contributed by atoms with Crippen LogP contribution < -0.4 is 5.32 Å². The predicted molar refractivity (Wildman–Crippen MR) is 55.3 cm³/mol. The van der Waals surface area contributed by atoms with Gasteiger partial charge in [0.15, 0.2) is 0 Å². The van der Waals surface area contributed by atoms with E-state index in [1.807, 2.05) is 12.3 Å². The zero-order chi connectivity index (χ0) is 9.38. The highest BCUT2D eigenvalue weighted by Gasteiger charge is 2.26. The number of hydrogen-bond acceptors (Lipinski definition) is 3. The average Bonchev–Trinajstić information content (AvgIpc) is 2.95. The molecule has 0 atom stereocenters. The van der Waals surface area contributed by atoms with Gasteiger partial charge in [0.05, 0.1) is 0 Å². The molecule has 0 unspecified atom stereocenters. The molecule has 0 amide bonds. The molecular weight excluding hydrogens is 174 g/mol. The molecule has 3 heteroatoms. The highest BCUT2D eigenvalue weighted by atomic mass is 15.1. The van der Waals surface area contributed by atoms with E-state index < -0.39 is 0 Å². The summed E-state index contributed by atoms with van der Waals surface area (Å²) in [6.45, 7) is 0. The Morgan fingerprint density at radius 1 is 1.21 bits per heavy atom. The van der Waals surface area contributed by atoms with Crippen LogP contribution in [0.4, 0.5) is 5.82 Å². The third-order valence-electron chi connectivity index (χ3n) is 3.07. The van der Waals surface area contributed by atoms with Crippen LogP contribution in [0.5, 0.6) is 0 Å². The summed E-state index contributed by atoms with van der Waals surface area (Å²) in [6.07, 6.45) is 8.37. The Hall–Kier alpha value is -1.12. The van der Waals surface area contributed by atoms with Gasteiger partial charge in [0.1, 0.15) is 11.6 Å². The predicted octanol–water partition coefficient (Wildman–Crippen LogP) is 2.32. The molecule has 2 fully saturated rings. The van der Waals surface area contributed by atoms with Crippen LogP contribution in [0.25, 0.3) is 0 Å². The molecule has 0 bridgehead atoms. The molecule has 0 saturated heterocycles. The van der Waals surface area contributed by atoms with Gasteiger partial charge in [-0.2, -0.15) is 0 Å². The minimum absolute atomic E-state index is 0.651. The molecule has 1 heterocycles. The molecule has 2 saturated carbocycles. The molecular formula is C11H15N3. The van der Waals surface area contributed by atoms with Crippen molar-refractivity contribution in [3.63, 3.8) is 0 Å². The Bertz CT molecular complexity index is 329. The Morgan fingerprint density at radius 2 is 2.07 bits per heavy atom. The van der Waals surface area contributed by atoms with Crippen molar-refractivity contribution in [1.82, 2.24) is 9.97 Å². The molecule has 2 aliphatic rings. The number of nitrogens with zero attached hydrogens (tertiary/aromatic N) is 2. The van der Waals surface area contributed by atoms with Crippen molar-refractivity contribution >= 4 is 5.82 Å². The number of rotatable bonds is 3. The first-order chi connectivity index (χ1) is 6.92. The molecule has 14 heavy (non-hydrogen) atoms. The van der Waals surface area contributed by atoms with E-state index in [4.69, 9.17) is 0 Å². The van der Waals surface area contributed by atoms with E-state index in [0.29, 0.717) is 12.0 Å². The summed E-state index contributed by atoms with van der Waals surface area (Å²) in [5, 5.41) is 3.45. The van der Waals surface area contributed by atoms with Gasteiger partial charge in [0.2, 0.25) is 0 Å². The standard InChI is InChI=1S/C11H15N3/c1-2-9(3-1)13-10-6-7-12-11(14-10)8-4-5-8/h6-9H,1-5H2,(H,12,13,14). The fourth-order valence-corrected chi connectivity index (χ4v) is 1.75. The summed E-state index contributed by atoms with van der Waals surface area (Å²) in [7, 11) is 0. The molecule has 3 rings (SSSR count). The zero-order valence-electron chi connectivity index (χ0n) is 8.24. The second-order valence-corrected chi connectivity index (χ2v) is 4.35. The van der Waals surface area contributed by atoms with Gasteiger partial charge in [0, 0.05) is 18.2 Å². The molecule has 74 valence electrons. The Balaban J connectivity index is 1.72. The Labute approximate surface area is 84.0 Å². The Morgan fingerprint density at radius 3 is 2.71 bits per heavy atom. The van der Waals surface area contributed by atoms with Crippen molar-refractivity contribution in [3.05, 3.63) is 18.1 Å². The Kier molecular flexibility index (Phi) is 1.89. The molecule has 1 N–H and O–H groups in total. The molecule has 0 spiro atoms. The largest absolute Gasteiger partial charge is 0.367 e. The van der Waals surface area contributed by atoms with Crippen molar-refractivity contribution in [2.24, 2.45) is 0 Å². The first-order valence-electron chi connectivity index (χ1n) is 5.51. The number of nitrogens with one attached hydrogen (secondary N) is 1. The number of hydrogen-bond donors (Lipinski definition) is 1. The van der Waals surface area contributed by atoms with E-state index in [9.17, 15) is 0 Å². The van der Waals surface area contributed by atoms with Gasteiger partial charge in [0.25, 0.3) is 0 Å². The highest BCUT2D eigenvalue weighted by molar-refractivity contribution is 5.35. The molecule has 0 aromatic carbocycles. The average molecular weight is 189 g/mol. The fraction of sp³-hybridized carbons (Fsp3) is 0.636. The summed E-state index contributed by atoms with van der Waals surface area (Å²) in [5.74, 6) is 2.71. The highest BCUT2D eigenvalue weighted by Crippen LogP contribution is 2.38. The van der Waals surface area contributed by atoms with E-state index in [-0.39, 0.29) is 0 Å². The lowest BCUT2D eigenvalue weighted by Gasteiger charge is -2.26. The molecule has 0 radical (unpaired) electrons. The van der Waals surface area contributed by atoms with Gasteiger partial charge in [-0.3, -0.25) is 0 Å². The normalized spacial score (nSPS) is 21.7. The van der Waals surface area contributed by atoms with Gasteiger partial charge in [-0.15, -0.1) is 0 Å². The van der Waals surface area contributed by atoms with Crippen molar-refractivity contribution in [1.29, 1.82) is 0 Å². The van der Waals surface area contributed by atoms with Gasteiger partial charge >= 0.3 is 0 Å². The lowest BCUT2D eigenvalue weighted by molar-refractivity contribution is 0.444. The third kappa shape index (κ3) is 1.59. The van der Waals surface area contributed by atoms with Crippen molar-refractivity contribution in [3.8, 4) is 0 Å². The maximum Gasteiger partial charge on any atom is 0.133 e. The number of anilines is 1. The lowest BCUT2D eigenvalue weighted by atomic mass is 9.93. The maximum absolute atomic E-state index is 4.53.